The standard InChI is InChI=1S/C18H18N2O2/c1-2-15-18(22)20(12-13-8-4-3-5-9-13)16-11-7-6-10-14(16)17(21)19-15/h3-11,15H,2,12H2,1H3,(H,19,21). The number of anilines is 1. The van der Waals surface area contributed by atoms with E-state index in [-0.39, 0.29) is 11.8 Å². The molecule has 1 atom stereocenters. The Morgan fingerprint density at radius 2 is 1.68 bits per heavy atom. The molecule has 1 aliphatic heterocycles. The Hall–Kier alpha value is -2.62. The van der Waals surface area contributed by atoms with Crippen molar-refractivity contribution in [1.29, 1.82) is 0 Å². The molecule has 1 aliphatic rings. The van der Waals surface area contributed by atoms with Gasteiger partial charge in [0.1, 0.15) is 6.04 Å². The van der Waals surface area contributed by atoms with Gasteiger partial charge in [-0.1, -0.05) is 49.4 Å². The Balaban J connectivity index is 2.05. The van der Waals surface area contributed by atoms with Crippen LogP contribution in [0.4, 0.5) is 5.69 Å². The average molecular weight is 294 g/mol. The second-order valence-corrected chi connectivity index (χ2v) is 5.36. The molecule has 0 aromatic heterocycles. The maximum Gasteiger partial charge on any atom is 0.254 e. The normalized spacial score (nSPS) is 17.7. The van der Waals surface area contributed by atoms with E-state index in [0.717, 1.165) is 5.56 Å². The van der Waals surface area contributed by atoms with Gasteiger partial charge in [0.15, 0.2) is 0 Å². The zero-order chi connectivity index (χ0) is 15.5. The molecule has 1 unspecified atom stereocenters. The van der Waals surface area contributed by atoms with E-state index in [1.165, 1.54) is 0 Å². The highest BCUT2D eigenvalue weighted by atomic mass is 16.2. The Morgan fingerprint density at radius 1 is 1.00 bits per heavy atom. The summed E-state index contributed by atoms with van der Waals surface area (Å²) in [7, 11) is 0. The molecule has 2 amide bonds. The lowest BCUT2D eigenvalue weighted by atomic mass is 10.1. The highest BCUT2D eigenvalue weighted by Gasteiger charge is 2.32. The molecule has 2 aromatic carbocycles. The second kappa shape index (κ2) is 6.02. The Morgan fingerprint density at radius 3 is 2.41 bits per heavy atom. The number of carbonyl (C=O) groups excluding carboxylic acids is 2. The Kier molecular flexibility index (Phi) is 3.92. The number of para-hydroxylation sites is 1. The molecule has 4 nitrogen and oxygen atoms in total. The van der Waals surface area contributed by atoms with Gasteiger partial charge in [0.25, 0.3) is 5.91 Å². The van der Waals surface area contributed by atoms with E-state index in [1.807, 2.05) is 55.5 Å². The first kappa shape index (κ1) is 14.3. The van der Waals surface area contributed by atoms with Gasteiger partial charge in [0.05, 0.1) is 17.8 Å². The summed E-state index contributed by atoms with van der Waals surface area (Å²) in [5.74, 6) is -0.254. The van der Waals surface area contributed by atoms with Gasteiger partial charge in [-0.2, -0.15) is 0 Å². The fourth-order valence-corrected chi connectivity index (χ4v) is 2.71. The molecular formula is C18H18N2O2. The second-order valence-electron chi connectivity index (χ2n) is 5.36. The lowest BCUT2D eigenvalue weighted by Crippen LogP contribution is -2.45. The number of hydrogen-bond donors (Lipinski definition) is 1. The van der Waals surface area contributed by atoms with Crippen molar-refractivity contribution in [3.8, 4) is 0 Å². The predicted molar refractivity (Wildman–Crippen MR) is 85.6 cm³/mol. The molecule has 0 radical (unpaired) electrons. The summed E-state index contributed by atoms with van der Waals surface area (Å²) in [5.41, 5.74) is 2.25. The molecule has 1 heterocycles. The average Bonchev–Trinajstić information content (AvgIpc) is 2.66. The monoisotopic (exact) mass is 294 g/mol. The molecule has 112 valence electrons. The zero-order valence-electron chi connectivity index (χ0n) is 12.5. The van der Waals surface area contributed by atoms with Crippen molar-refractivity contribution in [2.45, 2.75) is 25.9 Å². The lowest BCUT2D eigenvalue weighted by Gasteiger charge is -2.25. The number of fused-ring (bicyclic) bond motifs is 1. The van der Waals surface area contributed by atoms with E-state index in [2.05, 4.69) is 5.32 Å². The molecule has 22 heavy (non-hydrogen) atoms. The molecule has 1 N–H and O–H groups in total. The number of amides is 2. The van der Waals surface area contributed by atoms with Crippen LogP contribution in [0.3, 0.4) is 0 Å². The van der Waals surface area contributed by atoms with Crippen molar-refractivity contribution in [3.63, 3.8) is 0 Å². The maximum absolute atomic E-state index is 12.8. The van der Waals surface area contributed by atoms with Crippen LogP contribution >= 0.6 is 0 Å². The summed E-state index contributed by atoms with van der Waals surface area (Å²) >= 11 is 0. The van der Waals surface area contributed by atoms with Crippen molar-refractivity contribution in [1.82, 2.24) is 5.32 Å². The number of benzene rings is 2. The van der Waals surface area contributed by atoms with Gasteiger partial charge >= 0.3 is 0 Å². The number of carbonyl (C=O) groups is 2. The number of nitrogens with one attached hydrogen (secondary N) is 1. The molecule has 0 saturated heterocycles. The van der Waals surface area contributed by atoms with Crippen LogP contribution in [0.2, 0.25) is 0 Å². The lowest BCUT2D eigenvalue weighted by molar-refractivity contribution is -0.120. The summed E-state index contributed by atoms with van der Waals surface area (Å²) in [4.78, 5) is 26.8. The van der Waals surface area contributed by atoms with E-state index >= 15 is 0 Å². The Bertz CT molecular complexity index is 697. The summed E-state index contributed by atoms with van der Waals surface area (Å²) in [6, 6.07) is 16.6. The van der Waals surface area contributed by atoms with Crippen LogP contribution in [-0.2, 0) is 11.3 Å². The SMILES string of the molecule is CCC1NC(=O)c2ccccc2N(Cc2ccccc2)C1=O. The highest BCUT2D eigenvalue weighted by Crippen LogP contribution is 2.26. The fraction of sp³-hybridized carbons (Fsp3) is 0.222. The molecule has 0 fully saturated rings. The fourth-order valence-electron chi connectivity index (χ4n) is 2.71. The van der Waals surface area contributed by atoms with Gasteiger partial charge in [-0.3, -0.25) is 9.59 Å². The van der Waals surface area contributed by atoms with Crippen molar-refractivity contribution in [2.24, 2.45) is 0 Å². The van der Waals surface area contributed by atoms with E-state index in [1.54, 1.807) is 11.0 Å². The van der Waals surface area contributed by atoms with Gasteiger partial charge in [-0.15, -0.1) is 0 Å². The van der Waals surface area contributed by atoms with Gasteiger partial charge < -0.3 is 10.2 Å². The predicted octanol–water partition coefficient (Wildman–Crippen LogP) is 2.74. The van der Waals surface area contributed by atoms with Crippen LogP contribution in [0.1, 0.15) is 29.3 Å². The topological polar surface area (TPSA) is 49.4 Å². The molecule has 0 aliphatic carbocycles. The molecular weight excluding hydrogens is 276 g/mol. The third-order valence-electron chi connectivity index (χ3n) is 3.90. The summed E-state index contributed by atoms with van der Waals surface area (Å²) < 4.78 is 0. The minimum Gasteiger partial charge on any atom is -0.340 e. The van der Waals surface area contributed by atoms with Crippen LogP contribution in [-0.4, -0.2) is 17.9 Å². The minimum absolute atomic E-state index is 0.0651. The van der Waals surface area contributed by atoms with E-state index < -0.39 is 6.04 Å². The van der Waals surface area contributed by atoms with E-state index in [0.29, 0.717) is 24.2 Å². The summed E-state index contributed by atoms with van der Waals surface area (Å²) in [6.07, 6.45) is 0.573. The van der Waals surface area contributed by atoms with Gasteiger partial charge in [0, 0.05) is 0 Å². The summed E-state index contributed by atoms with van der Waals surface area (Å²) in [6.45, 7) is 2.36. The molecule has 4 heteroatoms. The molecule has 3 rings (SSSR count). The van der Waals surface area contributed by atoms with Crippen LogP contribution in [0, 0.1) is 0 Å². The first-order valence-electron chi connectivity index (χ1n) is 7.46. The van der Waals surface area contributed by atoms with Crippen molar-refractivity contribution in [2.75, 3.05) is 4.90 Å². The van der Waals surface area contributed by atoms with Crippen LogP contribution in [0.15, 0.2) is 54.6 Å². The van der Waals surface area contributed by atoms with Crippen molar-refractivity contribution in [3.05, 3.63) is 65.7 Å². The first-order chi connectivity index (χ1) is 10.7. The first-order valence-corrected chi connectivity index (χ1v) is 7.46. The van der Waals surface area contributed by atoms with Crippen molar-refractivity contribution < 1.29 is 9.59 Å². The largest absolute Gasteiger partial charge is 0.340 e. The van der Waals surface area contributed by atoms with Gasteiger partial charge in [-0.25, -0.2) is 0 Å². The van der Waals surface area contributed by atoms with Crippen LogP contribution in [0.25, 0.3) is 0 Å². The third-order valence-corrected chi connectivity index (χ3v) is 3.90. The maximum atomic E-state index is 12.8. The zero-order valence-corrected chi connectivity index (χ0v) is 12.5. The number of hydrogen-bond acceptors (Lipinski definition) is 2. The highest BCUT2D eigenvalue weighted by molar-refractivity contribution is 6.10. The Labute approximate surface area is 129 Å². The van der Waals surface area contributed by atoms with Crippen molar-refractivity contribution >= 4 is 17.5 Å². The molecule has 0 spiro atoms. The van der Waals surface area contributed by atoms with Crippen LogP contribution in [0.5, 0.6) is 0 Å². The quantitative estimate of drug-likeness (QED) is 0.946. The smallest absolute Gasteiger partial charge is 0.254 e. The van der Waals surface area contributed by atoms with Crippen LogP contribution < -0.4 is 10.2 Å². The van der Waals surface area contributed by atoms with Gasteiger partial charge in [-0.05, 0) is 24.1 Å². The van der Waals surface area contributed by atoms with E-state index in [4.69, 9.17) is 0 Å². The molecule has 0 saturated carbocycles. The minimum atomic E-state index is -0.483. The van der Waals surface area contributed by atoms with Gasteiger partial charge in [0.2, 0.25) is 5.91 Å². The molecule has 0 bridgehead atoms. The third kappa shape index (κ3) is 2.60. The number of rotatable bonds is 3. The number of nitrogens with zero attached hydrogens (tertiary/aromatic N) is 1. The van der Waals surface area contributed by atoms with E-state index in [9.17, 15) is 9.59 Å². The molecule has 2 aromatic rings. The summed E-state index contributed by atoms with van der Waals surface area (Å²) in [5, 5.41) is 2.82.